The first-order valence-electron chi connectivity index (χ1n) is 17.4. The van der Waals surface area contributed by atoms with Crippen molar-refractivity contribution in [2.45, 2.75) is 29.0 Å². The van der Waals surface area contributed by atoms with Gasteiger partial charge in [-0.2, -0.15) is 24.4 Å². The molecule has 16 nitrogen and oxygen atoms in total. The van der Waals surface area contributed by atoms with Crippen LogP contribution in [0.2, 0.25) is 0 Å². The van der Waals surface area contributed by atoms with Crippen LogP contribution >= 0.6 is 11.8 Å². The fraction of sp³-hybridized carbons (Fsp3) is 0.282. The van der Waals surface area contributed by atoms with Crippen molar-refractivity contribution in [1.82, 2.24) is 15.5 Å². The van der Waals surface area contributed by atoms with Crippen LogP contribution in [-0.2, 0) is 74.6 Å². The van der Waals surface area contributed by atoms with E-state index < -0.39 is 51.6 Å². The second-order valence-electron chi connectivity index (χ2n) is 12.9. The van der Waals surface area contributed by atoms with E-state index in [-0.39, 0.29) is 151 Å². The molecule has 4 aromatic rings. The van der Waals surface area contributed by atoms with Gasteiger partial charge in [0.1, 0.15) is 11.4 Å². The number of hydrogen-bond donors (Lipinski definition) is 4. The smallest absolute Gasteiger partial charge is 0.792 e. The Morgan fingerprint density at radius 3 is 2.13 bits per heavy atom. The van der Waals surface area contributed by atoms with Gasteiger partial charge in [0.15, 0.2) is 5.78 Å². The zero-order valence-electron chi connectivity index (χ0n) is 33.7. The number of nitrogens with two attached hydrogens (primary N) is 1. The molecule has 5 rings (SSSR count). The van der Waals surface area contributed by atoms with E-state index in [0.29, 0.717) is 27.8 Å². The van der Waals surface area contributed by atoms with Crippen LogP contribution in [-0.4, -0.2) is 104 Å². The van der Waals surface area contributed by atoms with Crippen molar-refractivity contribution in [3.8, 4) is 0 Å². The Morgan fingerprint density at radius 2 is 1.53 bits per heavy atom. The third-order valence-electron chi connectivity index (χ3n) is 8.71. The van der Waals surface area contributed by atoms with Crippen LogP contribution in [0.25, 0.3) is 16.9 Å². The van der Waals surface area contributed by atoms with Gasteiger partial charge in [0, 0.05) is 99.8 Å². The number of likely N-dealkylation sites (tertiary alicyclic amines) is 1. The fourth-order valence-corrected chi connectivity index (χ4v) is 7.90. The number of rotatable bonds is 18. The van der Waals surface area contributed by atoms with Crippen molar-refractivity contribution >= 4 is 97.4 Å². The van der Waals surface area contributed by atoms with Gasteiger partial charge in [-0.15, -0.1) is 11.8 Å². The summed E-state index contributed by atoms with van der Waals surface area (Å²) >= 11 is 6.04. The van der Waals surface area contributed by atoms with Crippen LogP contribution in [0.5, 0.6) is 0 Å². The number of fused-ring (bicyclic) bond motifs is 1. The number of amides is 4. The van der Waals surface area contributed by atoms with E-state index in [9.17, 15) is 36.9 Å². The average molecular weight is 978 g/mol. The number of Topliss-reactive ketones (excluding diaryl/α,β-unsaturated/α-hetero) is 1. The molecule has 1 saturated heterocycles. The molecule has 0 aromatic heterocycles. The standard InChI is InChI=1S/C38H41N7O8S3.CH3.K.H2N.Y/c1-44(2)27-15-13-26(14-16-27)43-42-25-11-9-24(10-12-25)37(49)41-31(32(46)17-20-54)23-55-33-21-36(48)45(38(33)50)22-35(47)40-19-18-39-30-7-3-6-29-28(30)5-4-8-34(29)56(51,52)53;;;;/h3-16,31,33,39,54H,17-23H2,1-2H3,(H,40,47)(H,41,49)(H,51,52,53);1H3;;1H2;/q;-1;+1;-1;/p-1. The molecule has 2 unspecified atom stereocenters. The molecular weight excluding hydrogens is 933 g/mol. The maximum Gasteiger partial charge on any atom is 1.00 e. The number of carbonyl (C=O) groups excluding carboxylic acids is 5. The van der Waals surface area contributed by atoms with E-state index in [1.165, 1.54) is 12.1 Å². The second kappa shape index (κ2) is 26.1. The number of thioether (sulfide) groups is 1. The summed E-state index contributed by atoms with van der Waals surface area (Å²) < 4.78 is 33.1. The van der Waals surface area contributed by atoms with Gasteiger partial charge >= 0.3 is 51.4 Å². The Balaban J connectivity index is 0.00000450. The Kier molecular flexibility index (Phi) is 24.1. The molecule has 0 saturated carbocycles. The number of imide groups is 1. The van der Waals surface area contributed by atoms with Crippen LogP contribution in [0, 0.1) is 7.43 Å². The molecule has 0 aliphatic carbocycles. The van der Waals surface area contributed by atoms with Crippen LogP contribution in [0.4, 0.5) is 22.7 Å². The molecule has 4 aromatic carbocycles. The summed E-state index contributed by atoms with van der Waals surface area (Å²) in [6, 6.07) is 22.3. The molecule has 1 aliphatic rings. The molecule has 21 heteroatoms. The van der Waals surface area contributed by atoms with Crippen molar-refractivity contribution in [2.24, 2.45) is 10.2 Å². The maximum absolute atomic E-state index is 13.2. The van der Waals surface area contributed by atoms with Crippen LogP contribution in [0.15, 0.2) is 100 Å². The number of ketones is 1. The minimum atomic E-state index is -4.44. The molecule has 313 valence electrons. The van der Waals surface area contributed by atoms with Crippen LogP contribution in [0.1, 0.15) is 23.2 Å². The minimum Gasteiger partial charge on any atom is -0.792 e. The molecule has 60 heavy (non-hydrogen) atoms. The van der Waals surface area contributed by atoms with Gasteiger partial charge < -0.3 is 47.1 Å². The van der Waals surface area contributed by atoms with Gasteiger partial charge in [0.05, 0.1) is 22.7 Å². The molecule has 1 radical (unpaired) electrons. The number of hydrogen-bond acceptors (Lipinski definition) is 13. The Hall–Kier alpha value is -2.60. The summed E-state index contributed by atoms with van der Waals surface area (Å²) in [4.78, 5) is 67.4. The normalized spacial score (nSPS) is 13.9. The van der Waals surface area contributed by atoms with Crippen molar-refractivity contribution in [3.63, 3.8) is 0 Å². The summed E-state index contributed by atoms with van der Waals surface area (Å²) in [5, 5.41) is 17.0. The summed E-state index contributed by atoms with van der Waals surface area (Å²) in [5.74, 6) is -2.35. The topological polar surface area (TPSA) is 241 Å². The molecule has 1 heterocycles. The first kappa shape index (κ1) is 55.4. The van der Waals surface area contributed by atoms with Gasteiger partial charge in [0.25, 0.3) is 16.0 Å². The molecule has 1 aliphatic heterocycles. The number of anilines is 2. The number of nitrogens with one attached hydrogen (secondary N) is 3. The predicted octanol–water partition coefficient (Wildman–Crippen LogP) is 2.43. The third-order valence-corrected chi connectivity index (χ3v) is 11.1. The van der Waals surface area contributed by atoms with E-state index in [4.69, 9.17) is 12.6 Å². The van der Waals surface area contributed by atoms with Crippen LogP contribution < -0.4 is 72.2 Å². The van der Waals surface area contributed by atoms with Gasteiger partial charge in [-0.1, -0.05) is 24.3 Å². The Morgan fingerprint density at radius 1 is 0.933 bits per heavy atom. The summed E-state index contributed by atoms with van der Waals surface area (Å²) in [7, 11) is -0.553. The van der Waals surface area contributed by atoms with E-state index >= 15 is 0 Å². The number of carbonyl (C=O) groups is 5. The maximum atomic E-state index is 13.2. The molecule has 0 bridgehead atoms. The quantitative estimate of drug-likeness (QED) is 0.0214. The SMILES string of the molecule is CN(C)c1ccc(N=Nc2ccc(C(=O)NC(CSC3CC(=O)N(CC(=O)NCCNc4cccc5c(S(=O)(=O)O)cccc45)C3=O)C(=O)CC[S-])cc2)cc1.[CH3-].[K+].[NH2-].[Y]. The molecule has 4 amide bonds. The first-order chi connectivity index (χ1) is 26.7. The zero-order valence-corrected chi connectivity index (χ0v) is 42.1. The Bertz CT molecular complexity index is 2250. The third kappa shape index (κ3) is 15.3. The summed E-state index contributed by atoms with van der Waals surface area (Å²) in [5.41, 5.74) is 3.07. The van der Waals surface area contributed by atoms with E-state index in [0.717, 1.165) is 22.3 Å². The molecule has 2 atom stereocenters. The number of azo groups is 1. The van der Waals surface area contributed by atoms with Crippen molar-refractivity contribution < 1.29 is 121 Å². The minimum absolute atomic E-state index is 0. The fourth-order valence-electron chi connectivity index (χ4n) is 5.76. The second-order valence-corrected chi connectivity index (χ2v) is 15.9. The molecule has 0 spiro atoms. The zero-order chi connectivity index (χ0) is 40.4. The average Bonchev–Trinajstić information content (AvgIpc) is 3.44. The van der Waals surface area contributed by atoms with Gasteiger partial charge in [-0.3, -0.25) is 33.4 Å². The monoisotopic (exact) mass is 977 g/mol. The van der Waals surface area contributed by atoms with Crippen molar-refractivity contribution in [2.75, 3.05) is 55.5 Å². The number of benzene rings is 4. The summed E-state index contributed by atoms with van der Waals surface area (Å²) in [6.07, 6.45) is -0.142. The van der Waals surface area contributed by atoms with Crippen molar-refractivity contribution in [1.29, 1.82) is 0 Å². The molecular formula is C39H45KN8O8S3Y-2. The molecule has 6 N–H and O–H groups in total. The number of nitrogens with zero attached hydrogens (tertiary/aromatic N) is 4. The first-order valence-corrected chi connectivity index (χ1v) is 20.5. The van der Waals surface area contributed by atoms with E-state index in [1.807, 2.05) is 43.3 Å². The predicted molar refractivity (Wildman–Crippen MR) is 229 cm³/mol. The largest absolute Gasteiger partial charge is 1.00 e. The van der Waals surface area contributed by atoms with Gasteiger partial charge in [0.2, 0.25) is 17.7 Å². The van der Waals surface area contributed by atoms with Crippen molar-refractivity contribution in [3.05, 3.63) is 104 Å². The van der Waals surface area contributed by atoms with Crippen LogP contribution in [0.3, 0.4) is 0 Å². The van der Waals surface area contributed by atoms with E-state index in [2.05, 4.69) is 26.2 Å². The molecule has 1 fully saturated rings. The van der Waals surface area contributed by atoms with E-state index in [1.54, 1.807) is 48.5 Å². The van der Waals surface area contributed by atoms with Gasteiger partial charge in [-0.05, 0) is 67.1 Å². The van der Waals surface area contributed by atoms with Gasteiger partial charge in [-0.25, -0.2) is 0 Å². The Labute approximate surface area is 427 Å². The summed E-state index contributed by atoms with van der Waals surface area (Å²) in [6.45, 7) is -0.144.